The first-order valence-electron chi connectivity index (χ1n) is 6.07. The SMILES string of the molecule is C/C=C(\C(=O)NCCCCCC)C(C)C. The molecule has 15 heavy (non-hydrogen) atoms. The molecule has 2 heteroatoms. The van der Waals surface area contributed by atoms with E-state index < -0.39 is 0 Å². The van der Waals surface area contributed by atoms with Gasteiger partial charge in [0.2, 0.25) is 5.91 Å². The highest BCUT2D eigenvalue weighted by Crippen LogP contribution is 2.09. The van der Waals surface area contributed by atoms with E-state index in [1.165, 1.54) is 19.3 Å². The van der Waals surface area contributed by atoms with E-state index in [4.69, 9.17) is 0 Å². The van der Waals surface area contributed by atoms with Crippen molar-refractivity contribution in [2.45, 2.75) is 53.4 Å². The molecule has 0 heterocycles. The number of carbonyl (C=O) groups excluding carboxylic acids is 1. The summed E-state index contributed by atoms with van der Waals surface area (Å²) in [7, 11) is 0. The monoisotopic (exact) mass is 211 g/mol. The van der Waals surface area contributed by atoms with Crippen LogP contribution in [0.1, 0.15) is 53.4 Å². The number of nitrogens with one attached hydrogen (secondary N) is 1. The van der Waals surface area contributed by atoms with Crippen molar-refractivity contribution in [1.29, 1.82) is 0 Å². The number of carbonyl (C=O) groups is 1. The molecule has 0 radical (unpaired) electrons. The summed E-state index contributed by atoms with van der Waals surface area (Å²) in [4.78, 5) is 11.7. The fourth-order valence-corrected chi connectivity index (χ4v) is 1.58. The third-order valence-electron chi connectivity index (χ3n) is 2.51. The summed E-state index contributed by atoms with van der Waals surface area (Å²) in [6.45, 7) is 9.02. The molecule has 0 aliphatic carbocycles. The molecule has 0 aliphatic rings. The molecule has 0 rings (SSSR count). The normalized spacial score (nSPS) is 11.9. The van der Waals surface area contributed by atoms with Crippen LogP contribution in [0.15, 0.2) is 11.6 Å². The highest BCUT2D eigenvalue weighted by Gasteiger charge is 2.10. The second kappa shape index (κ2) is 8.51. The van der Waals surface area contributed by atoms with Crippen molar-refractivity contribution in [3.63, 3.8) is 0 Å². The molecule has 0 aromatic rings. The van der Waals surface area contributed by atoms with E-state index >= 15 is 0 Å². The maximum atomic E-state index is 11.7. The first kappa shape index (κ1) is 14.2. The largest absolute Gasteiger partial charge is 0.352 e. The molecular weight excluding hydrogens is 186 g/mol. The molecule has 0 bridgehead atoms. The molecule has 0 unspecified atom stereocenters. The van der Waals surface area contributed by atoms with Gasteiger partial charge in [-0.2, -0.15) is 0 Å². The fraction of sp³-hybridized carbons (Fsp3) is 0.769. The number of rotatable bonds is 7. The Kier molecular flexibility index (Phi) is 8.06. The Labute approximate surface area is 94.1 Å². The molecule has 88 valence electrons. The molecule has 1 amide bonds. The van der Waals surface area contributed by atoms with Crippen LogP contribution in [0.5, 0.6) is 0 Å². The molecule has 0 fully saturated rings. The lowest BCUT2D eigenvalue weighted by Crippen LogP contribution is -2.27. The summed E-state index contributed by atoms with van der Waals surface area (Å²) in [6.07, 6.45) is 6.71. The van der Waals surface area contributed by atoms with Crippen LogP contribution in [-0.2, 0) is 4.79 Å². The van der Waals surface area contributed by atoms with Gasteiger partial charge in [0.25, 0.3) is 0 Å². The molecule has 0 atom stereocenters. The van der Waals surface area contributed by atoms with E-state index in [9.17, 15) is 4.79 Å². The van der Waals surface area contributed by atoms with Crippen LogP contribution in [0.2, 0.25) is 0 Å². The van der Waals surface area contributed by atoms with Crippen molar-refractivity contribution < 1.29 is 4.79 Å². The maximum absolute atomic E-state index is 11.7. The van der Waals surface area contributed by atoms with Gasteiger partial charge < -0.3 is 5.32 Å². The van der Waals surface area contributed by atoms with Crippen molar-refractivity contribution >= 4 is 5.91 Å². The average Bonchev–Trinajstić information content (AvgIpc) is 2.18. The second-order valence-electron chi connectivity index (χ2n) is 4.22. The Morgan fingerprint density at radius 1 is 1.27 bits per heavy atom. The molecule has 0 aromatic carbocycles. The zero-order valence-corrected chi connectivity index (χ0v) is 10.6. The van der Waals surface area contributed by atoms with Gasteiger partial charge in [0.1, 0.15) is 0 Å². The Morgan fingerprint density at radius 2 is 1.93 bits per heavy atom. The number of hydrogen-bond acceptors (Lipinski definition) is 1. The summed E-state index contributed by atoms with van der Waals surface area (Å²) in [5.74, 6) is 0.412. The summed E-state index contributed by atoms with van der Waals surface area (Å²) >= 11 is 0. The highest BCUT2D eigenvalue weighted by atomic mass is 16.1. The summed E-state index contributed by atoms with van der Waals surface area (Å²) in [5.41, 5.74) is 0.894. The van der Waals surface area contributed by atoms with Crippen molar-refractivity contribution in [3.8, 4) is 0 Å². The zero-order valence-electron chi connectivity index (χ0n) is 10.6. The van der Waals surface area contributed by atoms with Crippen LogP contribution in [0.25, 0.3) is 0 Å². The number of allylic oxidation sites excluding steroid dienone is 1. The van der Waals surface area contributed by atoms with Crippen LogP contribution in [0.3, 0.4) is 0 Å². The van der Waals surface area contributed by atoms with Gasteiger partial charge in [0, 0.05) is 12.1 Å². The quantitative estimate of drug-likeness (QED) is 0.508. The first-order valence-corrected chi connectivity index (χ1v) is 6.07. The predicted molar refractivity (Wildman–Crippen MR) is 65.7 cm³/mol. The van der Waals surface area contributed by atoms with Gasteiger partial charge >= 0.3 is 0 Å². The molecular formula is C13H25NO. The second-order valence-corrected chi connectivity index (χ2v) is 4.22. The number of hydrogen-bond donors (Lipinski definition) is 1. The Hall–Kier alpha value is -0.790. The van der Waals surface area contributed by atoms with Gasteiger partial charge in [-0.3, -0.25) is 4.79 Å². The van der Waals surface area contributed by atoms with E-state index in [-0.39, 0.29) is 5.91 Å². The van der Waals surface area contributed by atoms with E-state index in [1.54, 1.807) is 0 Å². The van der Waals surface area contributed by atoms with Crippen LogP contribution in [0.4, 0.5) is 0 Å². The Bertz CT molecular complexity index is 207. The summed E-state index contributed by atoms with van der Waals surface area (Å²) in [6, 6.07) is 0. The van der Waals surface area contributed by atoms with Gasteiger partial charge in [0.05, 0.1) is 0 Å². The lowest BCUT2D eigenvalue weighted by atomic mass is 10.0. The van der Waals surface area contributed by atoms with Gasteiger partial charge in [-0.05, 0) is 19.3 Å². The van der Waals surface area contributed by atoms with E-state index in [0.717, 1.165) is 18.5 Å². The molecule has 0 aromatic heterocycles. The minimum absolute atomic E-state index is 0.101. The van der Waals surface area contributed by atoms with Gasteiger partial charge in [0.15, 0.2) is 0 Å². The van der Waals surface area contributed by atoms with Crippen molar-refractivity contribution in [2.75, 3.05) is 6.54 Å². The standard InChI is InChI=1S/C13H25NO/c1-5-7-8-9-10-14-13(15)12(6-2)11(3)4/h6,11H,5,7-10H2,1-4H3,(H,14,15)/b12-6-. The Balaban J connectivity index is 3.73. The van der Waals surface area contributed by atoms with Crippen LogP contribution >= 0.6 is 0 Å². The van der Waals surface area contributed by atoms with Crippen LogP contribution in [-0.4, -0.2) is 12.5 Å². The lowest BCUT2D eigenvalue weighted by molar-refractivity contribution is -0.117. The van der Waals surface area contributed by atoms with Crippen LogP contribution < -0.4 is 5.32 Å². The van der Waals surface area contributed by atoms with Crippen molar-refractivity contribution in [3.05, 3.63) is 11.6 Å². The molecule has 1 N–H and O–H groups in total. The maximum Gasteiger partial charge on any atom is 0.247 e. The minimum Gasteiger partial charge on any atom is -0.352 e. The van der Waals surface area contributed by atoms with E-state index in [2.05, 4.69) is 12.2 Å². The number of unbranched alkanes of at least 4 members (excludes halogenated alkanes) is 3. The molecule has 0 aliphatic heterocycles. The number of amides is 1. The van der Waals surface area contributed by atoms with Gasteiger partial charge in [-0.1, -0.05) is 46.1 Å². The van der Waals surface area contributed by atoms with Crippen molar-refractivity contribution in [1.82, 2.24) is 5.32 Å². The Morgan fingerprint density at radius 3 is 2.40 bits per heavy atom. The smallest absolute Gasteiger partial charge is 0.247 e. The fourth-order valence-electron chi connectivity index (χ4n) is 1.58. The summed E-state index contributed by atoms with van der Waals surface area (Å²) < 4.78 is 0. The van der Waals surface area contributed by atoms with Gasteiger partial charge in [-0.15, -0.1) is 0 Å². The highest BCUT2D eigenvalue weighted by molar-refractivity contribution is 5.93. The third-order valence-corrected chi connectivity index (χ3v) is 2.51. The summed E-state index contributed by atoms with van der Waals surface area (Å²) in [5, 5.41) is 2.97. The average molecular weight is 211 g/mol. The molecule has 0 saturated carbocycles. The third kappa shape index (κ3) is 6.32. The molecule has 0 spiro atoms. The molecule has 2 nitrogen and oxygen atoms in total. The topological polar surface area (TPSA) is 29.1 Å². The van der Waals surface area contributed by atoms with E-state index in [0.29, 0.717) is 5.92 Å². The lowest BCUT2D eigenvalue weighted by Gasteiger charge is -2.11. The minimum atomic E-state index is 0.101. The van der Waals surface area contributed by atoms with E-state index in [1.807, 2.05) is 26.8 Å². The van der Waals surface area contributed by atoms with Crippen LogP contribution in [0, 0.1) is 5.92 Å². The first-order chi connectivity index (χ1) is 7.13. The van der Waals surface area contributed by atoms with Gasteiger partial charge in [-0.25, -0.2) is 0 Å². The molecule has 0 saturated heterocycles. The predicted octanol–water partition coefficient (Wildman–Crippen LogP) is 3.29. The van der Waals surface area contributed by atoms with Crippen molar-refractivity contribution in [2.24, 2.45) is 5.92 Å². The zero-order chi connectivity index (χ0) is 11.7.